The summed E-state index contributed by atoms with van der Waals surface area (Å²) in [6.45, 7) is 5.47. The van der Waals surface area contributed by atoms with E-state index in [2.05, 4.69) is 29.1 Å². The monoisotopic (exact) mass is 515 g/mol. The summed E-state index contributed by atoms with van der Waals surface area (Å²) in [6.07, 6.45) is 5.03. The Balaban J connectivity index is 1.52. The smallest absolute Gasteiger partial charge is 0.265 e. The summed E-state index contributed by atoms with van der Waals surface area (Å²) in [5.74, 6) is -0.705. The number of fused-ring (bicyclic) bond motifs is 1. The van der Waals surface area contributed by atoms with Crippen molar-refractivity contribution in [2.45, 2.75) is 26.9 Å². The fraction of sp³-hybridized carbons (Fsp3) is 0.250. The highest BCUT2D eigenvalue weighted by Crippen LogP contribution is 2.29. The summed E-state index contributed by atoms with van der Waals surface area (Å²) in [6, 6.07) is 14.2. The third-order valence-electron chi connectivity index (χ3n) is 6.43. The maximum atomic E-state index is 13.5. The first-order valence-electron chi connectivity index (χ1n) is 11.9. The molecule has 2 amide bonds. The second-order valence-corrected chi connectivity index (χ2v) is 10.5. The molecule has 1 saturated heterocycles. The van der Waals surface area contributed by atoms with Crippen molar-refractivity contribution in [3.05, 3.63) is 93.6 Å². The van der Waals surface area contributed by atoms with Gasteiger partial charge in [0.2, 0.25) is 5.91 Å². The number of carbonyl (C=O) groups excluding carboxylic acids is 2. The third kappa shape index (κ3) is 5.24. The molecule has 4 aromatic rings. The van der Waals surface area contributed by atoms with Gasteiger partial charge in [0, 0.05) is 54.2 Å². The number of nitrogens with one attached hydrogen (secondary N) is 1. The van der Waals surface area contributed by atoms with Crippen molar-refractivity contribution in [3.63, 3.8) is 0 Å². The summed E-state index contributed by atoms with van der Waals surface area (Å²) < 4.78 is 1.30. The van der Waals surface area contributed by atoms with Gasteiger partial charge in [-0.1, -0.05) is 37.6 Å². The van der Waals surface area contributed by atoms with Gasteiger partial charge in [-0.05, 0) is 52.9 Å². The van der Waals surface area contributed by atoms with Crippen LogP contribution in [-0.4, -0.2) is 44.3 Å². The van der Waals surface area contributed by atoms with Crippen molar-refractivity contribution in [1.82, 2.24) is 24.8 Å². The lowest BCUT2D eigenvalue weighted by atomic mass is 9.84. The number of pyridine rings is 3. The highest BCUT2D eigenvalue weighted by molar-refractivity contribution is 6.30. The van der Waals surface area contributed by atoms with E-state index < -0.39 is 11.5 Å². The van der Waals surface area contributed by atoms with Gasteiger partial charge in [-0.2, -0.15) is 0 Å². The molecule has 5 rings (SSSR count). The number of likely N-dealkylation sites (tertiary alicyclic amines) is 1. The van der Waals surface area contributed by atoms with Crippen LogP contribution in [0, 0.1) is 5.41 Å². The number of amides is 2. The fourth-order valence-corrected chi connectivity index (χ4v) is 4.68. The van der Waals surface area contributed by atoms with Gasteiger partial charge in [0.1, 0.15) is 17.8 Å². The van der Waals surface area contributed by atoms with Gasteiger partial charge in [-0.3, -0.25) is 23.9 Å². The normalized spacial score (nSPS) is 14.3. The second kappa shape index (κ2) is 9.78. The lowest BCUT2D eigenvalue weighted by molar-refractivity contribution is -0.142. The predicted octanol–water partition coefficient (Wildman–Crippen LogP) is 3.91. The quantitative estimate of drug-likeness (QED) is 0.420. The van der Waals surface area contributed by atoms with Crippen LogP contribution in [0.1, 0.15) is 29.8 Å². The van der Waals surface area contributed by atoms with Crippen molar-refractivity contribution >= 4 is 34.4 Å². The predicted molar refractivity (Wildman–Crippen MR) is 142 cm³/mol. The molecule has 3 aromatic heterocycles. The summed E-state index contributed by atoms with van der Waals surface area (Å²) in [5.41, 5.74) is 2.36. The number of nitrogens with zero attached hydrogens (tertiary/aromatic N) is 4. The molecule has 1 aromatic carbocycles. The molecule has 9 heteroatoms. The molecule has 1 aliphatic heterocycles. The summed E-state index contributed by atoms with van der Waals surface area (Å²) in [4.78, 5) is 50.0. The number of benzene rings is 1. The van der Waals surface area contributed by atoms with Crippen molar-refractivity contribution in [3.8, 4) is 11.1 Å². The van der Waals surface area contributed by atoms with E-state index in [1.165, 1.54) is 4.57 Å². The summed E-state index contributed by atoms with van der Waals surface area (Å²) in [7, 11) is 0. The second-order valence-electron chi connectivity index (χ2n) is 10.0. The minimum absolute atomic E-state index is 0.0492. The maximum absolute atomic E-state index is 13.5. The minimum Gasteiger partial charge on any atom is -0.348 e. The molecule has 0 spiro atoms. The molecule has 0 bridgehead atoms. The lowest BCUT2D eigenvalue weighted by Gasteiger charge is -2.45. The molecule has 1 fully saturated rings. The van der Waals surface area contributed by atoms with Gasteiger partial charge in [0.15, 0.2) is 0 Å². The number of hydrogen-bond acceptors (Lipinski definition) is 5. The average molecular weight is 516 g/mol. The largest absolute Gasteiger partial charge is 0.348 e. The van der Waals surface area contributed by atoms with Gasteiger partial charge in [-0.15, -0.1) is 0 Å². The Kier molecular flexibility index (Phi) is 6.52. The fourth-order valence-electron chi connectivity index (χ4n) is 4.56. The first kappa shape index (κ1) is 24.6. The van der Waals surface area contributed by atoms with E-state index in [1.807, 2.05) is 18.2 Å². The zero-order valence-corrected chi connectivity index (χ0v) is 21.3. The SMILES string of the molecule is CC1(C)CN(C(=O)Cn2c(=O)c(C(=O)NCc3ccc(Cl)cc3)cc3cc(-c4ccncc4)cnc32)C1. The molecule has 0 atom stereocenters. The van der Waals surface area contributed by atoms with Crippen LogP contribution in [0.25, 0.3) is 22.2 Å². The number of carbonyl (C=O) groups is 2. The Morgan fingerprint density at radius 1 is 1.03 bits per heavy atom. The van der Waals surface area contributed by atoms with Crippen molar-refractivity contribution in [2.24, 2.45) is 5.41 Å². The molecule has 37 heavy (non-hydrogen) atoms. The molecule has 0 unspecified atom stereocenters. The number of hydrogen-bond donors (Lipinski definition) is 1. The van der Waals surface area contributed by atoms with Crippen LogP contribution in [0.15, 0.2) is 71.9 Å². The first-order valence-corrected chi connectivity index (χ1v) is 12.3. The van der Waals surface area contributed by atoms with Gasteiger partial charge in [0.05, 0.1) is 0 Å². The van der Waals surface area contributed by atoms with Gasteiger partial charge >= 0.3 is 0 Å². The molecule has 0 aliphatic carbocycles. The van der Waals surface area contributed by atoms with Crippen LogP contribution < -0.4 is 10.9 Å². The van der Waals surface area contributed by atoms with E-state index in [9.17, 15) is 14.4 Å². The Hall–Kier alpha value is -4.04. The van der Waals surface area contributed by atoms with Crippen LogP contribution in [0.2, 0.25) is 5.02 Å². The van der Waals surface area contributed by atoms with E-state index in [0.717, 1.165) is 16.7 Å². The maximum Gasteiger partial charge on any atom is 0.265 e. The van der Waals surface area contributed by atoms with Gasteiger partial charge in [0.25, 0.3) is 11.5 Å². The van der Waals surface area contributed by atoms with E-state index in [1.54, 1.807) is 53.8 Å². The Bertz CT molecular complexity index is 1540. The number of aromatic nitrogens is 3. The highest BCUT2D eigenvalue weighted by atomic mass is 35.5. The Labute approximate surface area is 218 Å². The zero-order chi connectivity index (χ0) is 26.2. The standard InChI is InChI=1S/C28H26ClN5O3/c1-28(2)16-33(17-28)24(35)15-34-25-20(11-21(14-31-25)19-7-9-30-10-8-19)12-23(27(34)37)26(36)32-13-18-3-5-22(29)6-4-18/h3-12,14H,13,15-17H2,1-2H3,(H,32,36). The van der Waals surface area contributed by atoms with Crippen molar-refractivity contribution in [1.29, 1.82) is 0 Å². The number of halogens is 1. The summed E-state index contributed by atoms with van der Waals surface area (Å²) in [5, 5.41) is 3.99. The van der Waals surface area contributed by atoms with Crippen molar-refractivity contribution in [2.75, 3.05) is 13.1 Å². The molecule has 188 valence electrons. The highest BCUT2D eigenvalue weighted by Gasteiger charge is 2.37. The third-order valence-corrected chi connectivity index (χ3v) is 6.69. The molecule has 0 radical (unpaired) electrons. The van der Waals surface area contributed by atoms with Gasteiger partial charge < -0.3 is 10.2 Å². The van der Waals surface area contributed by atoms with E-state index in [0.29, 0.717) is 29.1 Å². The van der Waals surface area contributed by atoms with E-state index >= 15 is 0 Å². The molecular weight excluding hydrogens is 490 g/mol. The van der Waals surface area contributed by atoms with Crippen LogP contribution >= 0.6 is 11.6 Å². The Morgan fingerprint density at radius 3 is 2.41 bits per heavy atom. The van der Waals surface area contributed by atoms with Crippen LogP contribution in [0.3, 0.4) is 0 Å². The molecule has 1 N–H and O–H groups in total. The van der Waals surface area contributed by atoms with Crippen LogP contribution in [0.5, 0.6) is 0 Å². The average Bonchev–Trinajstić information content (AvgIpc) is 2.88. The molecule has 0 saturated carbocycles. The van der Waals surface area contributed by atoms with Crippen LogP contribution in [-0.2, 0) is 17.9 Å². The Morgan fingerprint density at radius 2 is 1.73 bits per heavy atom. The minimum atomic E-state index is -0.557. The van der Waals surface area contributed by atoms with Gasteiger partial charge in [-0.25, -0.2) is 4.98 Å². The van der Waals surface area contributed by atoms with Crippen LogP contribution in [0.4, 0.5) is 0 Å². The van der Waals surface area contributed by atoms with E-state index in [-0.39, 0.29) is 30.0 Å². The summed E-state index contributed by atoms with van der Waals surface area (Å²) >= 11 is 5.94. The topological polar surface area (TPSA) is 97.2 Å². The zero-order valence-electron chi connectivity index (χ0n) is 20.6. The molecule has 4 heterocycles. The molecular formula is C28H26ClN5O3. The molecule has 1 aliphatic rings. The lowest BCUT2D eigenvalue weighted by Crippen LogP contribution is -2.56. The molecule has 8 nitrogen and oxygen atoms in total. The first-order chi connectivity index (χ1) is 17.7. The van der Waals surface area contributed by atoms with Crippen molar-refractivity contribution < 1.29 is 9.59 Å². The number of rotatable bonds is 6. The van der Waals surface area contributed by atoms with E-state index in [4.69, 9.17) is 11.6 Å².